The molecule has 12 heteroatoms. The molecule has 0 amide bonds. The molecule has 2 aromatic heterocycles. The van der Waals surface area contributed by atoms with Gasteiger partial charge in [0.25, 0.3) is 5.88 Å². The standard InChI is InChI=1S/C17H13FN6O5/c18-10-4-2-1-3-9(10)8-20-13(12-5-6-29-23-12)7-11(19)15-21-16(25)14(24(27)28)17(26)22-15/h1-7H,8,19H2,(H2,21,22,25,26). The Hall–Kier alpha value is -4.35. The van der Waals surface area contributed by atoms with Gasteiger partial charge in [0, 0.05) is 11.6 Å². The molecule has 2 heterocycles. The first-order valence-electron chi connectivity index (χ1n) is 8.00. The van der Waals surface area contributed by atoms with Crippen LogP contribution in [0.15, 0.2) is 57.0 Å². The van der Waals surface area contributed by atoms with Crippen LogP contribution in [0.4, 0.5) is 10.1 Å². The number of nitrogens with zero attached hydrogens (tertiary/aromatic N) is 4. The number of aromatic hydroxyl groups is 1. The van der Waals surface area contributed by atoms with Crippen LogP contribution in [-0.4, -0.2) is 30.9 Å². The van der Waals surface area contributed by atoms with Crippen LogP contribution in [0.25, 0.3) is 5.70 Å². The van der Waals surface area contributed by atoms with Gasteiger partial charge in [-0.15, -0.1) is 0 Å². The zero-order valence-electron chi connectivity index (χ0n) is 14.6. The molecule has 1 aromatic carbocycles. The van der Waals surface area contributed by atoms with Gasteiger partial charge < -0.3 is 15.4 Å². The molecule has 11 nitrogen and oxygen atoms in total. The fourth-order valence-electron chi connectivity index (χ4n) is 2.31. The summed E-state index contributed by atoms with van der Waals surface area (Å²) in [4.78, 5) is 31.4. The number of allylic oxidation sites excluding steroid dienone is 1. The van der Waals surface area contributed by atoms with Crippen molar-refractivity contribution in [3.05, 3.63) is 86.0 Å². The first-order valence-corrected chi connectivity index (χ1v) is 8.00. The Bertz CT molecular complexity index is 1170. The summed E-state index contributed by atoms with van der Waals surface area (Å²) in [6, 6.07) is 7.52. The lowest BCUT2D eigenvalue weighted by atomic mass is 10.2. The molecule has 0 saturated heterocycles. The van der Waals surface area contributed by atoms with Crippen LogP contribution in [0.3, 0.4) is 0 Å². The molecule has 0 spiro atoms. The highest BCUT2D eigenvalue weighted by Gasteiger charge is 2.22. The molecule has 4 N–H and O–H groups in total. The number of halogens is 1. The molecule has 29 heavy (non-hydrogen) atoms. The third kappa shape index (κ3) is 4.32. The van der Waals surface area contributed by atoms with E-state index in [0.29, 0.717) is 5.56 Å². The normalized spacial score (nSPS) is 12.2. The molecule has 0 aliphatic heterocycles. The van der Waals surface area contributed by atoms with Crippen LogP contribution in [0.2, 0.25) is 0 Å². The average Bonchev–Trinajstić information content (AvgIpc) is 3.19. The van der Waals surface area contributed by atoms with Crippen molar-refractivity contribution in [2.24, 2.45) is 10.7 Å². The highest BCUT2D eigenvalue weighted by atomic mass is 19.1. The zero-order valence-corrected chi connectivity index (χ0v) is 14.6. The number of hydrogen-bond acceptors (Lipinski definition) is 9. The lowest BCUT2D eigenvalue weighted by Gasteiger charge is -2.04. The van der Waals surface area contributed by atoms with Gasteiger partial charge in [0.05, 0.1) is 22.9 Å². The summed E-state index contributed by atoms with van der Waals surface area (Å²) >= 11 is 0. The molecule has 0 fully saturated rings. The van der Waals surface area contributed by atoms with E-state index in [1.165, 1.54) is 24.5 Å². The van der Waals surface area contributed by atoms with Gasteiger partial charge in [0.2, 0.25) is 0 Å². The molecule has 0 aliphatic rings. The summed E-state index contributed by atoms with van der Waals surface area (Å²) in [6.45, 7) is -0.0475. The number of aromatic amines is 1. The molecule has 3 aromatic rings. The predicted molar refractivity (Wildman–Crippen MR) is 98.5 cm³/mol. The number of aromatic nitrogens is 3. The monoisotopic (exact) mass is 400 g/mol. The number of benzene rings is 1. The van der Waals surface area contributed by atoms with E-state index in [-0.39, 0.29) is 29.5 Å². The minimum atomic E-state index is -1.18. The van der Waals surface area contributed by atoms with Crippen molar-refractivity contribution in [2.75, 3.05) is 0 Å². The second kappa shape index (κ2) is 8.12. The van der Waals surface area contributed by atoms with Crippen LogP contribution in [0, 0.1) is 15.9 Å². The minimum absolute atomic E-state index is 0.0475. The topological polar surface area (TPSA) is 174 Å². The lowest BCUT2D eigenvalue weighted by molar-refractivity contribution is -0.387. The van der Waals surface area contributed by atoms with E-state index in [2.05, 4.69) is 20.1 Å². The Morgan fingerprint density at radius 3 is 2.79 bits per heavy atom. The van der Waals surface area contributed by atoms with Crippen LogP contribution >= 0.6 is 0 Å². The van der Waals surface area contributed by atoms with Crippen molar-refractivity contribution in [1.29, 1.82) is 0 Å². The Balaban J connectivity index is 2.00. The van der Waals surface area contributed by atoms with Crippen molar-refractivity contribution >= 4 is 17.1 Å². The van der Waals surface area contributed by atoms with Gasteiger partial charge in [-0.3, -0.25) is 24.9 Å². The molecule has 0 unspecified atom stereocenters. The summed E-state index contributed by atoms with van der Waals surface area (Å²) in [6.07, 6.45) is 2.54. The Labute approximate surface area is 161 Å². The molecule has 0 aliphatic carbocycles. The number of hydrogen-bond donors (Lipinski definition) is 3. The van der Waals surface area contributed by atoms with Gasteiger partial charge in [-0.25, -0.2) is 4.39 Å². The lowest BCUT2D eigenvalue weighted by Crippen LogP contribution is -2.17. The van der Waals surface area contributed by atoms with Gasteiger partial charge in [-0.1, -0.05) is 23.4 Å². The van der Waals surface area contributed by atoms with Crippen molar-refractivity contribution in [3.63, 3.8) is 0 Å². The van der Waals surface area contributed by atoms with Crippen molar-refractivity contribution in [2.45, 2.75) is 6.54 Å². The molecular formula is C17H13FN6O5. The number of H-pyrrole nitrogens is 1. The SMILES string of the molecule is NC(=CC(=NCc1ccccc1F)c1ccon1)c1nc(O)c([N+](=O)[O-])c(=O)[nH]1. The summed E-state index contributed by atoms with van der Waals surface area (Å²) < 4.78 is 18.6. The third-order valence-corrected chi connectivity index (χ3v) is 3.70. The van der Waals surface area contributed by atoms with E-state index >= 15 is 0 Å². The molecule has 3 rings (SSSR count). The van der Waals surface area contributed by atoms with Gasteiger partial charge in [0.15, 0.2) is 5.82 Å². The smallest absolute Gasteiger partial charge is 0.395 e. The molecular weight excluding hydrogens is 387 g/mol. The maximum atomic E-state index is 13.8. The fourth-order valence-corrected chi connectivity index (χ4v) is 2.31. The second-order valence-corrected chi connectivity index (χ2v) is 5.62. The summed E-state index contributed by atoms with van der Waals surface area (Å²) in [5, 5.41) is 24.2. The van der Waals surface area contributed by atoms with Crippen molar-refractivity contribution < 1.29 is 18.9 Å². The summed E-state index contributed by atoms with van der Waals surface area (Å²) in [5.74, 6) is -1.85. The Morgan fingerprint density at radius 2 is 2.17 bits per heavy atom. The predicted octanol–water partition coefficient (Wildman–Crippen LogP) is 1.50. The minimum Gasteiger partial charge on any atom is -0.488 e. The largest absolute Gasteiger partial charge is 0.488 e. The van der Waals surface area contributed by atoms with E-state index in [9.17, 15) is 24.4 Å². The number of rotatable bonds is 6. The maximum Gasteiger partial charge on any atom is 0.395 e. The first-order chi connectivity index (χ1) is 13.9. The quantitative estimate of drug-likeness (QED) is 0.317. The van der Waals surface area contributed by atoms with E-state index in [4.69, 9.17) is 10.3 Å². The van der Waals surface area contributed by atoms with Crippen molar-refractivity contribution in [3.8, 4) is 5.88 Å². The fraction of sp³-hybridized carbons (Fsp3) is 0.0588. The van der Waals surface area contributed by atoms with Gasteiger partial charge in [0.1, 0.15) is 17.8 Å². The highest BCUT2D eigenvalue weighted by Crippen LogP contribution is 2.18. The zero-order chi connectivity index (χ0) is 21.0. The molecule has 0 saturated carbocycles. The Kier molecular flexibility index (Phi) is 5.44. The van der Waals surface area contributed by atoms with E-state index in [0.717, 1.165) is 0 Å². The molecule has 148 valence electrons. The Morgan fingerprint density at radius 1 is 1.41 bits per heavy atom. The maximum absolute atomic E-state index is 13.8. The average molecular weight is 400 g/mol. The highest BCUT2D eigenvalue weighted by molar-refractivity contribution is 6.10. The van der Waals surface area contributed by atoms with Crippen LogP contribution in [0.5, 0.6) is 5.88 Å². The number of nitrogens with two attached hydrogens (primary N) is 1. The summed E-state index contributed by atoms with van der Waals surface area (Å²) in [5.41, 5.74) is 4.18. The number of nitro groups is 1. The second-order valence-electron chi connectivity index (χ2n) is 5.62. The number of aliphatic imine (C=N–C) groups is 1. The van der Waals surface area contributed by atoms with E-state index in [1.807, 2.05) is 0 Å². The number of nitrogens with one attached hydrogen (secondary N) is 1. The van der Waals surface area contributed by atoms with Gasteiger partial charge in [-0.05, 0) is 12.1 Å². The van der Waals surface area contributed by atoms with E-state index in [1.54, 1.807) is 18.2 Å². The van der Waals surface area contributed by atoms with Crippen molar-refractivity contribution in [1.82, 2.24) is 15.1 Å². The molecule has 0 atom stereocenters. The summed E-state index contributed by atoms with van der Waals surface area (Å²) in [7, 11) is 0. The third-order valence-electron chi connectivity index (χ3n) is 3.70. The van der Waals surface area contributed by atoms with Crippen LogP contribution in [0.1, 0.15) is 17.1 Å². The first kappa shape index (κ1) is 19.4. The van der Waals surface area contributed by atoms with E-state index < -0.39 is 27.9 Å². The molecule has 0 bridgehead atoms. The van der Waals surface area contributed by atoms with Crippen LogP contribution < -0.4 is 11.3 Å². The van der Waals surface area contributed by atoms with Gasteiger partial charge >= 0.3 is 11.2 Å². The van der Waals surface area contributed by atoms with Crippen LogP contribution in [-0.2, 0) is 6.54 Å². The molecule has 0 radical (unpaired) electrons. The van der Waals surface area contributed by atoms with Gasteiger partial charge in [-0.2, -0.15) is 4.98 Å².